The van der Waals surface area contributed by atoms with Crippen LogP contribution in [0.25, 0.3) is 0 Å². The average molecular weight is 257 g/mol. The second kappa shape index (κ2) is 5.26. The fourth-order valence-electron chi connectivity index (χ4n) is 1.84. The van der Waals surface area contributed by atoms with Gasteiger partial charge >= 0.3 is 6.09 Å². The fourth-order valence-corrected chi connectivity index (χ4v) is 1.84. The van der Waals surface area contributed by atoms with Gasteiger partial charge in [-0.15, -0.1) is 0 Å². The third kappa shape index (κ3) is 3.70. The van der Waals surface area contributed by atoms with Crippen LogP contribution < -0.4 is 0 Å². The predicted molar refractivity (Wildman–Crippen MR) is 67.4 cm³/mol. The molecule has 1 rings (SSSR count). The zero-order chi connectivity index (χ0) is 14.0. The van der Waals surface area contributed by atoms with Crippen molar-refractivity contribution in [1.82, 2.24) is 4.90 Å². The van der Waals surface area contributed by atoms with Gasteiger partial charge in [0, 0.05) is 12.0 Å². The molecule has 0 aromatic rings. The van der Waals surface area contributed by atoms with E-state index in [0.29, 0.717) is 19.8 Å². The van der Waals surface area contributed by atoms with Crippen LogP contribution in [0.2, 0.25) is 0 Å². The van der Waals surface area contributed by atoms with Gasteiger partial charge in [-0.3, -0.25) is 4.90 Å². The first-order valence-electron chi connectivity index (χ1n) is 6.21. The lowest BCUT2D eigenvalue weighted by Crippen LogP contribution is -2.56. The summed E-state index contributed by atoms with van der Waals surface area (Å²) in [7, 11) is 0. The lowest BCUT2D eigenvalue weighted by atomic mass is 9.85. The Hall–Kier alpha value is -1.10. The fraction of sp³-hybridized carbons (Fsp3) is 0.846. The Balaban J connectivity index is 2.83. The lowest BCUT2D eigenvalue weighted by molar-refractivity contribution is -0.123. The van der Waals surface area contributed by atoms with Crippen molar-refractivity contribution < 1.29 is 19.1 Å². The minimum Gasteiger partial charge on any atom is -0.444 e. The highest BCUT2D eigenvalue weighted by Crippen LogP contribution is 2.26. The summed E-state index contributed by atoms with van der Waals surface area (Å²) in [5, 5.41) is 0. The van der Waals surface area contributed by atoms with Crippen molar-refractivity contribution in [1.29, 1.82) is 0 Å². The Bertz CT molecular complexity index is 319. The number of nitrogens with zero attached hydrogens (tertiary/aromatic N) is 1. The van der Waals surface area contributed by atoms with E-state index in [9.17, 15) is 9.59 Å². The Kier molecular flexibility index (Phi) is 4.37. The first-order chi connectivity index (χ1) is 8.17. The van der Waals surface area contributed by atoms with E-state index < -0.39 is 11.0 Å². The zero-order valence-corrected chi connectivity index (χ0v) is 11.9. The van der Waals surface area contributed by atoms with Crippen LogP contribution in [0.15, 0.2) is 0 Å². The maximum absolute atomic E-state index is 12.1. The van der Waals surface area contributed by atoms with Crippen LogP contribution in [0.1, 0.15) is 34.6 Å². The highest BCUT2D eigenvalue weighted by atomic mass is 16.6. The summed E-state index contributed by atoms with van der Waals surface area (Å²) < 4.78 is 10.7. The molecule has 0 radical (unpaired) electrons. The zero-order valence-electron chi connectivity index (χ0n) is 11.9. The van der Waals surface area contributed by atoms with Crippen LogP contribution in [0.3, 0.4) is 0 Å². The second-order valence-corrected chi connectivity index (χ2v) is 6.20. The predicted octanol–water partition coefficient (Wildman–Crippen LogP) is 1.85. The summed E-state index contributed by atoms with van der Waals surface area (Å²) in [5.41, 5.74) is -1.18. The third-order valence-corrected chi connectivity index (χ3v) is 2.92. The van der Waals surface area contributed by atoms with E-state index in [0.717, 1.165) is 6.29 Å². The molecular weight excluding hydrogens is 234 g/mol. The monoisotopic (exact) mass is 257 g/mol. The van der Waals surface area contributed by atoms with Gasteiger partial charge in [0.25, 0.3) is 0 Å². The number of aldehydes is 1. The normalized spacial score (nSPS) is 21.6. The van der Waals surface area contributed by atoms with E-state index in [1.54, 1.807) is 18.7 Å². The van der Waals surface area contributed by atoms with Crippen molar-refractivity contribution in [3.63, 3.8) is 0 Å². The first-order valence-corrected chi connectivity index (χ1v) is 6.21. The molecule has 1 aliphatic rings. The summed E-state index contributed by atoms with van der Waals surface area (Å²) in [5.74, 6) is 0. The van der Waals surface area contributed by atoms with Crippen molar-refractivity contribution in [3.8, 4) is 0 Å². The summed E-state index contributed by atoms with van der Waals surface area (Å²) >= 11 is 0. The van der Waals surface area contributed by atoms with Crippen molar-refractivity contribution in [3.05, 3.63) is 0 Å². The van der Waals surface area contributed by atoms with Gasteiger partial charge in [0.05, 0.1) is 19.3 Å². The molecule has 0 spiro atoms. The molecule has 0 aromatic carbocycles. The molecule has 0 aliphatic carbocycles. The molecule has 0 N–H and O–H groups in total. The van der Waals surface area contributed by atoms with Gasteiger partial charge in [-0.1, -0.05) is 13.8 Å². The molecule has 1 fully saturated rings. The minimum absolute atomic E-state index is 0.279. The van der Waals surface area contributed by atoms with Gasteiger partial charge in [-0.2, -0.15) is 0 Å². The van der Waals surface area contributed by atoms with Crippen molar-refractivity contribution in [2.24, 2.45) is 5.41 Å². The van der Waals surface area contributed by atoms with Gasteiger partial charge in [0.15, 0.2) is 0 Å². The van der Waals surface area contributed by atoms with Crippen LogP contribution in [0, 0.1) is 5.41 Å². The lowest BCUT2D eigenvalue weighted by Gasteiger charge is -2.42. The Morgan fingerprint density at radius 2 is 1.94 bits per heavy atom. The summed E-state index contributed by atoms with van der Waals surface area (Å²) in [6.07, 6.45) is 0.481. The minimum atomic E-state index is -0.642. The Labute approximate surface area is 108 Å². The van der Waals surface area contributed by atoms with Crippen molar-refractivity contribution in [2.75, 3.05) is 19.8 Å². The molecule has 1 saturated heterocycles. The molecule has 18 heavy (non-hydrogen) atoms. The number of carbonyl (C=O) groups excluding carboxylic acids is 2. The number of hydrogen-bond donors (Lipinski definition) is 0. The molecule has 104 valence electrons. The van der Waals surface area contributed by atoms with Gasteiger partial charge in [-0.25, -0.2) is 4.79 Å². The molecule has 0 aromatic heterocycles. The van der Waals surface area contributed by atoms with E-state index >= 15 is 0 Å². The first kappa shape index (κ1) is 15.0. The largest absolute Gasteiger partial charge is 0.444 e. The quantitative estimate of drug-likeness (QED) is 0.708. The maximum atomic E-state index is 12.1. The summed E-state index contributed by atoms with van der Waals surface area (Å²) in [6, 6.07) is -0.279. The van der Waals surface area contributed by atoms with E-state index in [1.807, 2.05) is 20.8 Å². The van der Waals surface area contributed by atoms with Crippen LogP contribution in [0.5, 0.6) is 0 Å². The molecule has 1 unspecified atom stereocenters. The number of carbonyl (C=O) groups is 2. The van der Waals surface area contributed by atoms with Crippen LogP contribution in [-0.4, -0.2) is 48.7 Å². The van der Waals surface area contributed by atoms with Gasteiger partial charge < -0.3 is 14.3 Å². The van der Waals surface area contributed by atoms with Crippen molar-refractivity contribution >= 4 is 12.4 Å². The van der Waals surface area contributed by atoms with Gasteiger partial charge in [-0.05, 0) is 20.8 Å². The number of hydrogen-bond acceptors (Lipinski definition) is 4. The number of rotatable bonds is 2. The molecule has 1 atom stereocenters. The summed E-state index contributed by atoms with van der Waals surface area (Å²) in [6.45, 7) is 10.4. The molecule has 5 nitrogen and oxygen atoms in total. The van der Waals surface area contributed by atoms with Crippen molar-refractivity contribution in [2.45, 2.75) is 46.3 Å². The average Bonchev–Trinajstić information content (AvgIpc) is 2.27. The Morgan fingerprint density at radius 3 is 2.44 bits per heavy atom. The summed E-state index contributed by atoms with van der Waals surface area (Å²) in [4.78, 5) is 24.9. The van der Waals surface area contributed by atoms with Crippen LogP contribution in [0.4, 0.5) is 4.79 Å². The number of ether oxygens (including phenoxy) is 2. The van der Waals surface area contributed by atoms with E-state index in [2.05, 4.69) is 0 Å². The topological polar surface area (TPSA) is 55.8 Å². The van der Waals surface area contributed by atoms with E-state index in [4.69, 9.17) is 9.47 Å². The molecule has 1 amide bonds. The molecule has 1 heterocycles. The molecular formula is C13H23NO4. The third-order valence-electron chi connectivity index (χ3n) is 2.92. The van der Waals surface area contributed by atoms with Gasteiger partial charge in [0.2, 0.25) is 0 Å². The van der Waals surface area contributed by atoms with Crippen LogP contribution >= 0.6 is 0 Å². The molecule has 0 saturated carbocycles. The smallest absolute Gasteiger partial charge is 0.410 e. The SMILES string of the molecule is CC(C)(C)OC(=O)N1CCOCC1C(C)(C)C=O. The molecule has 5 heteroatoms. The maximum Gasteiger partial charge on any atom is 0.410 e. The molecule has 0 bridgehead atoms. The van der Waals surface area contributed by atoms with Gasteiger partial charge in [0.1, 0.15) is 11.9 Å². The van der Waals surface area contributed by atoms with E-state index in [1.165, 1.54) is 0 Å². The standard InChI is InChI=1S/C13H23NO4/c1-12(2,3)18-11(16)14-6-7-17-8-10(14)13(4,5)9-15/h9-10H,6-8H2,1-5H3. The highest BCUT2D eigenvalue weighted by molar-refractivity contribution is 5.70. The second-order valence-electron chi connectivity index (χ2n) is 6.20. The Morgan fingerprint density at radius 1 is 1.33 bits per heavy atom. The van der Waals surface area contributed by atoms with E-state index in [-0.39, 0.29) is 12.1 Å². The van der Waals surface area contributed by atoms with Crippen LogP contribution in [-0.2, 0) is 14.3 Å². The number of morpholine rings is 1. The number of amides is 1. The molecule has 1 aliphatic heterocycles. The highest BCUT2D eigenvalue weighted by Gasteiger charge is 2.40.